The maximum absolute atomic E-state index is 4.32. The molecule has 0 aromatic rings. The molecule has 0 spiro atoms. The molecule has 0 heterocycles. The second kappa shape index (κ2) is 4.86. The van der Waals surface area contributed by atoms with Crippen molar-refractivity contribution in [1.29, 1.82) is 0 Å². The first kappa shape index (κ1) is 14.8. The smallest absolute Gasteiger partial charge is 0.000737 e. The number of hydrogen-bond acceptors (Lipinski definition) is 0. The Morgan fingerprint density at radius 3 is 2.77 bits per heavy atom. The van der Waals surface area contributed by atoms with Gasteiger partial charge in [0.2, 0.25) is 0 Å². The first-order chi connectivity index (χ1) is 10.5. The van der Waals surface area contributed by atoms with Crippen molar-refractivity contribution >= 4 is 0 Å². The summed E-state index contributed by atoms with van der Waals surface area (Å²) >= 11 is 0. The van der Waals surface area contributed by atoms with Gasteiger partial charge in [0.25, 0.3) is 0 Å². The van der Waals surface area contributed by atoms with E-state index in [1.165, 1.54) is 44.1 Å². The molecule has 120 valence electrons. The maximum Gasteiger partial charge on any atom is -0.000737 e. The van der Waals surface area contributed by atoms with E-state index in [0.29, 0.717) is 10.8 Å². The molecule has 2 saturated carbocycles. The van der Waals surface area contributed by atoms with E-state index in [1.807, 2.05) is 0 Å². The van der Waals surface area contributed by atoms with E-state index in [-0.39, 0.29) is 0 Å². The minimum atomic E-state index is 0.375. The minimum absolute atomic E-state index is 0.375. The Morgan fingerprint density at radius 2 is 2.00 bits per heavy atom. The van der Waals surface area contributed by atoms with Crippen LogP contribution in [0.4, 0.5) is 0 Å². The Kier molecular flexibility index (Phi) is 3.26. The summed E-state index contributed by atoms with van der Waals surface area (Å²) in [6, 6.07) is 0. The lowest BCUT2D eigenvalue weighted by Crippen LogP contribution is -2.48. The molecule has 22 heavy (non-hydrogen) atoms. The zero-order valence-electron chi connectivity index (χ0n) is 14.7. The second-order valence-electron chi connectivity index (χ2n) is 9.08. The average Bonchev–Trinajstić information content (AvgIpc) is 2.82. The predicted octanol–water partition coefficient (Wildman–Crippen LogP) is 6.31. The lowest BCUT2D eigenvalue weighted by Gasteiger charge is -2.56. The summed E-state index contributed by atoms with van der Waals surface area (Å²) in [4.78, 5) is 0. The summed E-state index contributed by atoms with van der Waals surface area (Å²) in [5.41, 5.74) is 4.06. The third-order valence-electron chi connectivity index (χ3n) is 8.23. The SMILES string of the molecule is C=C1CC=C2C=C[C@H]3[C@@H]4CC[C@H](CC)[C@@]4(C)CC[C@@H]3[C@@]2(C)C1. The standard InChI is InChI=1S/C22H32/c1-5-16-9-11-19-18-10-8-17-7-6-15(2)14-22(17,4)20(18)12-13-21(16,19)3/h7-8,10,16,18-20H,2,5-6,9,11-14H2,1,3-4H3/t16-,18-,19-,20-,21+,22-/m0/s1. The zero-order chi connectivity index (χ0) is 15.5. The van der Waals surface area contributed by atoms with E-state index in [4.69, 9.17) is 0 Å². The zero-order valence-corrected chi connectivity index (χ0v) is 14.7. The molecule has 6 atom stereocenters. The van der Waals surface area contributed by atoms with E-state index >= 15 is 0 Å². The van der Waals surface area contributed by atoms with Gasteiger partial charge in [0.05, 0.1) is 0 Å². The normalized spacial score (nSPS) is 50.1. The highest BCUT2D eigenvalue weighted by Crippen LogP contribution is 2.65. The first-order valence-electron chi connectivity index (χ1n) is 9.54. The van der Waals surface area contributed by atoms with Gasteiger partial charge in [0.1, 0.15) is 0 Å². The molecule has 4 aliphatic rings. The number of rotatable bonds is 1. The summed E-state index contributed by atoms with van der Waals surface area (Å²) < 4.78 is 0. The van der Waals surface area contributed by atoms with E-state index in [0.717, 1.165) is 30.1 Å². The van der Waals surface area contributed by atoms with E-state index < -0.39 is 0 Å². The molecule has 4 rings (SSSR count). The van der Waals surface area contributed by atoms with Gasteiger partial charge < -0.3 is 0 Å². The third kappa shape index (κ3) is 1.82. The molecule has 0 heteroatoms. The van der Waals surface area contributed by atoms with Gasteiger partial charge in [0, 0.05) is 0 Å². The largest absolute Gasteiger partial charge is 0.0995 e. The highest BCUT2D eigenvalue weighted by molar-refractivity contribution is 5.38. The van der Waals surface area contributed by atoms with E-state index in [1.54, 1.807) is 5.57 Å². The molecular formula is C22H32. The van der Waals surface area contributed by atoms with Crippen LogP contribution in [0, 0.1) is 34.5 Å². The van der Waals surface area contributed by atoms with Crippen molar-refractivity contribution in [2.75, 3.05) is 0 Å². The second-order valence-corrected chi connectivity index (χ2v) is 9.08. The fraction of sp³-hybridized carbons (Fsp3) is 0.727. The van der Waals surface area contributed by atoms with Crippen molar-refractivity contribution in [1.82, 2.24) is 0 Å². The molecule has 0 amide bonds. The van der Waals surface area contributed by atoms with Crippen LogP contribution in [0.25, 0.3) is 0 Å². The summed E-state index contributed by atoms with van der Waals surface area (Å²) in [6.45, 7) is 11.9. The predicted molar refractivity (Wildman–Crippen MR) is 94.5 cm³/mol. The van der Waals surface area contributed by atoms with Gasteiger partial charge >= 0.3 is 0 Å². The molecule has 0 aromatic heterocycles. The van der Waals surface area contributed by atoms with Crippen molar-refractivity contribution < 1.29 is 0 Å². The monoisotopic (exact) mass is 296 g/mol. The molecule has 4 aliphatic carbocycles. The number of allylic oxidation sites excluding steroid dienone is 5. The molecule has 2 fully saturated rings. The molecule has 0 aromatic carbocycles. The summed E-state index contributed by atoms with van der Waals surface area (Å²) in [5, 5.41) is 0. The minimum Gasteiger partial charge on any atom is -0.0995 e. The summed E-state index contributed by atoms with van der Waals surface area (Å²) in [5.74, 6) is 3.58. The summed E-state index contributed by atoms with van der Waals surface area (Å²) in [7, 11) is 0. The molecule has 0 bridgehead atoms. The van der Waals surface area contributed by atoms with Gasteiger partial charge in [0.15, 0.2) is 0 Å². The maximum atomic E-state index is 4.32. The van der Waals surface area contributed by atoms with Crippen molar-refractivity contribution in [3.63, 3.8) is 0 Å². The van der Waals surface area contributed by atoms with Crippen molar-refractivity contribution in [3.05, 3.63) is 36.0 Å². The summed E-state index contributed by atoms with van der Waals surface area (Å²) in [6.07, 6.45) is 17.1. The molecule has 0 N–H and O–H groups in total. The molecular weight excluding hydrogens is 264 g/mol. The van der Waals surface area contributed by atoms with Crippen LogP contribution in [0.3, 0.4) is 0 Å². The Hall–Kier alpha value is -0.780. The quantitative estimate of drug-likeness (QED) is 0.497. The lowest BCUT2D eigenvalue weighted by molar-refractivity contribution is -0.0120. The molecule has 0 nitrogen and oxygen atoms in total. The highest BCUT2D eigenvalue weighted by atomic mass is 14.6. The number of hydrogen-bond donors (Lipinski definition) is 0. The molecule has 0 saturated heterocycles. The van der Waals surface area contributed by atoms with Gasteiger partial charge in [-0.15, -0.1) is 0 Å². The van der Waals surface area contributed by atoms with Gasteiger partial charge in [-0.25, -0.2) is 0 Å². The van der Waals surface area contributed by atoms with Crippen LogP contribution in [0.1, 0.15) is 65.7 Å². The highest BCUT2D eigenvalue weighted by Gasteiger charge is 2.57. The van der Waals surface area contributed by atoms with Gasteiger partial charge in [-0.05, 0) is 78.6 Å². The topological polar surface area (TPSA) is 0 Å². The van der Waals surface area contributed by atoms with Crippen LogP contribution in [-0.2, 0) is 0 Å². The number of fused-ring (bicyclic) bond motifs is 5. The lowest BCUT2D eigenvalue weighted by atomic mass is 9.48. The molecule has 0 radical (unpaired) electrons. The van der Waals surface area contributed by atoms with Crippen LogP contribution < -0.4 is 0 Å². The third-order valence-corrected chi connectivity index (χ3v) is 8.23. The Morgan fingerprint density at radius 1 is 1.18 bits per heavy atom. The van der Waals surface area contributed by atoms with Crippen LogP contribution in [0.2, 0.25) is 0 Å². The van der Waals surface area contributed by atoms with Crippen LogP contribution in [0.5, 0.6) is 0 Å². The van der Waals surface area contributed by atoms with E-state index in [9.17, 15) is 0 Å². The Bertz CT molecular complexity index is 550. The Labute approximate surface area is 136 Å². The molecule has 0 unspecified atom stereocenters. The fourth-order valence-electron chi connectivity index (χ4n) is 6.99. The van der Waals surface area contributed by atoms with Crippen LogP contribution in [-0.4, -0.2) is 0 Å². The van der Waals surface area contributed by atoms with Crippen molar-refractivity contribution in [2.45, 2.75) is 65.7 Å². The first-order valence-corrected chi connectivity index (χ1v) is 9.54. The van der Waals surface area contributed by atoms with E-state index in [2.05, 4.69) is 45.6 Å². The van der Waals surface area contributed by atoms with Crippen molar-refractivity contribution in [2.24, 2.45) is 34.5 Å². The van der Waals surface area contributed by atoms with Crippen LogP contribution >= 0.6 is 0 Å². The Balaban J connectivity index is 1.72. The molecule has 0 aliphatic heterocycles. The van der Waals surface area contributed by atoms with Gasteiger partial charge in [-0.2, -0.15) is 0 Å². The van der Waals surface area contributed by atoms with Gasteiger partial charge in [-0.1, -0.05) is 57.6 Å². The van der Waals surface area contributed by atoms with Crippen LogP contribution in [0.15, 0.2) is 36.0 Å². The fourth-order valence-corrected chi connectivity index (χ4v) is 6.99. The van der Waals surface area contributed by atoms with Crippen molar-refractivity contribution in [3.8, 4) is 0 Å². The average molecular weight is 296 g/mol. The van der Waals surface area contributed by atoms with Gasteiger partial charge in [-0.3, -0.25) is 0 Å².